The highest BCUT2D eigenvalue weighted by molar-refractivity contribution is 7.92. The van der Waals surface area contributed by atoms with Crippen LogP contribution in [0.1, 0.15) is 41.2 Å². The third-order valence-electron chi connectivity index (χ3n) is 6.20. The number of halogens is 1. The molecule has 2 aliphatic heterocycles. The van der Waals surface area contributed by atoms with Gasteiger partial charge in [-0.15, -0.1) is 0 Å². The molecule has 182 valence electrons. The zero-order chi connectivity index (χ0) is 24.4. The Morgan fingerprint density at radius 2 is 1.69 bits per heavy atom. The number of carbonyl (C=O) groups is 1. The van der Waals surface area contributed by atoms with Gasteiger partial charge in [-0.2, -0.15) is 0 Å². The number of fused-ring (bicyclic) bond motifs is 1. The molecule has 1 amide bonds. The van der Waals surface area contributed by atoms with Gasteiger partial charge in [-0.1, -0.05) is 18.2 Å². The molecule has 2 heterocycles. The van der Waals surface area contributed by atoms with Crippen LogP contribution in [0.4, 0.5) is 10.1 Å². The zero-order valence-corrected chi connectivity index (χ0v) is 19.8. The Bertz CT molecular complexity index is 1340. The van der Waals surface area contributed by atoms with Crippen molar-refractivity contribution in [2.75, 3.05) is 24.5 Å². The maximum atomic E-state index is 13.9. The summed E-state index contributed by atoms with van der Waals surface area (Å²) in [6, 6.07) is 16.9. The number of amides is 1. The van der Waals surface area contributed by atoms with Gasteiger partial charge >= 0.3 is 0 Å². The average Bonchev–Trinajstić information content (AvgIpc) is 3.23. The number of hydrogen-bond donors (Lipinski definition) is 1. The van der Waals surface area contributed by atoms with Crippen LogP contribution in [0, 0.1) is 5.82 Å². The van der Waals surface area contributed by atoms with Crippen LogP contribution in [0.5, 0.6) is 11.5 Å². The van der Waals surface area contributed by atoms with E-state index in [1.165, 1.54) is 42.5 Å². The zero-order valence-electron chi connectivity index (χ0n) is 18.9. The molecule has 1 saturated heterocycles. The number of ether oxygens (including phenoxy) is 2. The van der Waals surface area contributed by atoms with Gasteiger partial charge in [-0.25, -0.2) is 12.8 Å². The van der Waals surface area contributed by atoms with Crippen LogP contribution >= 0.6 is 0 Å². The van der Waals surface area contributed by atoms with Crippen LogP contribution < -0.4 is 14.2 Å². The summed E-state index contributed by atoms with van der Waals surface area (Å²) in [7, 11) is -4.00. The second-order valence-corrected chi connectivity index (χ2v) is 10.2. The number of likely N-dealkylation sites (tertiary alicyclic amines) is 1. The number of benzene rings is 3. The van der Waals surface area contributed by atoms with Gasteiger partial charge in [-0.3, -0.25) is 9.52 Å². The molecular weight excluding hydrogens is 471 g/mol. The molecule has 1 atom stereocenters. The van der Waals surface area contributed by atoms with Gasteiger partial charge in [0.25, 0.3) is 15.9 Å². The van der Waals surface area contributed by atoms with Crippen LogP contribution in [0.3, 0.4) is 0 Å². The summed E-state index contributed by atoms with van der Waals surface area (Å²) in [4.78, 5) is 15.1. The molecule has 0 spiro atoms. The SMILES string of the molecule is O=C(c1ccc(S(=O)(=O)Nc2ccccc2F)cc1)N1CCC[C@@H]1c1ccc2c(c1)OCCCO2. The van der Waals surface area contributed by atoms with Crippen LogP contribution in [0.2, 0.25) is 0 Å². The predicted molar refractivity (Wildman–Crippen MR) is 129 cm³/mol. The summed E-state index contributed by atoms with van der Waals surface area (Å²) >= 11 is 0. The van der Waals surface area contributed by atoms with Crippen molar-refractivity contribution >= 4 is 21.6 Å². The van der Waals surface area contributed by atoms with E-state index >= 15 is 0 Å². The van der Waals surface area contributed by atoms with Crippen molar-refractivity contribution < 1.29 is 27.1 Å². The third-order valence-corrected chi connectivity index (χ3v) is 7.58. The molecule has 7 nitrogen and oxygen atoms in total. The van der Waals surface area contributed by atoms with Gasteiger partial charge in [0.1, 0.15) is 5.82 Å². The van der Waals surface area contributed by atoms with E-state index in [0.29, 0.717) is 36.8 Å². The number of nitrogens with one attached hydrogen (secondary N) is 1. The lowest BCUT2D eigenvalue weighted by Crippen LogP contribution is -2.30. The number of anilines is 1. The highest BCUT2D eigenvalue weighted by Gasteiger charge is 2.31. The van der Waals surface area contributed by atoms with Gasteiger partial charge in [-0.05, 0) is 66.9 Å². The molecular formula is C26H25FN2O5S. The molecule has 0 unspecified atom stereocenters. The van der Waals surface area contributed by atoms with E-state index < -0.39 is 15.8 Å². The van der Waals surface area contributed by atoms with Gasteiger partial charge in [0.15, 0.2) is 11.5 Å². The smallest absolute Gasteiger partial charge is 0.261 e. The second kappa shape index (κ2) is 9.58. The van der Waals surface area contributed by atoms with Crippen LogP contribution in [-0.2, 0) is 10.0 Å². The minimum absolute atomic E-state index is 0.0572. The minimum atomic E-state index is -4.00. The molecule has 0 aromatic heterocycles. The molecule has 5 rings (SSSR count). The average molecular weight is 497 g/mol. The first-order chi connectivity index (χ1) is 16.9. The third kappa shape index (κ3) is 4.81. The Hall–Kier alpha value is -3.59. The first kappa shape index (κ1) is 23.2. The van der Waals surface area contributed by atoms with Gasteiger partial charge in [0, 0.05) is 18.5 Å². The van der Waals surface area contributed by atoms with E-state index in [9.17, 15) is 17.6 Å². The monoisotopic (exact) mass is 496 g/mol. The molecule has 1 N–H and O–H groups in total. The first-order valence-electron chi connectivity index (χ1n) is 11.5. The fourth-order valence-electron chi connectivity index (χ4n) is 4.43. The quantitative estimate of drug-likeness (QED) is 0.550. The molecule has 35 heavy (non-hydrogen) atoms. The lowest BCUT2D eigenvalue weighted by Gasteiger charge is -2.26. The summed E-state index contributed by atoms with van der Waals surface area (Å²) in [5, 5.41) is 0. The highest BCUT2D eigenvalue weighted by Crippen LogP contribution is 2.38. The second-order valence-electron chi connectivity index (χ2n) is 8.52. The number of para-hydroxylation sites is 1. The summed E-state index contributed by atoms with van der Waals surface area (Å²) in [6.07, 6.45) is 2.51. The first-order valence-corrected chi connectivity index (χ1v) is 13.0. The topological polar surface area (TPSA) is 84.9 Å². The molecule has 1 fully saturated rings. The van der Waals surface area contributed by atoms with Crippen LogP contribution in [0.15, 0.2) is 71.6 Å². The fourth-order valence-corrected chi connectivity index (χ4v) is 5.50. The van der Waals surface area contributed by atoms with Crippen molar-refractivity contribution in [2.45, 2.75) is 30.2 Å². The largest absolute Gasteiger partial charge is 0.490 e. The van der Waals surface area contributed by atoms with E-state index in [1.54, 1.807) is 11.0 Å². The van der Waals surface area contributed by atoms with Crippen molar-refractivity contribution in [1.29, 1.82) is 0 Å². The van der Waals surface area contributed by atoms with Crippen molar-refractivity contribution in [1.82, 2.24) is 4.90 Å². The number of hydrogen-bond acceptors (Lipinski definition) is 5. The molecule has 3 aromatic carbocycles. The summed E-state index contributed by atoms with van der Waals surface area (Å²) in [5.41, 5.74) is 1.23. The minimum Gasteiger partial charge on any atom is -0.490 e. The molecule has 0 aliphatic carbocycles. The maximum absolute atomic E-state index is 13.9. The van der Waals surface area contributed by atoms with E-state index in [4.69, 9.17) is 9.47 Å². The van der Waals surface area contributed by atoms with E-state index in [0.717, 1.165) is 24.8 Å². The molecule has 0 bridgehead atoms. The van der Waals surface area contributed by atoms with Crippen LogP contribution in [0.25, 0.3) is 0 Å². The maximum Gasteiger partial charge on any atom is 0.261 e. The van der Waals surface area contributed by atoms with E-state index in [1.807, 2.05) is 18.2 Å². The molecule has 2 aliphatic rings. The summed E-state index contributed by atoms with van der Waals surface area (Å²) in [6.45, 7) is 1.81. The Balaban J connectivity index is 1.34. The van der Waals surface area contributed by atoms with Crippen molar-refractivity contribution in [2.24, 2.45) is 0 Å². The Kier molecular flexibility index (Phi) is 6.34. The Labute approximate surface area is 203 Å². The number of rotatable bonds is 5. The van der Waals surface area contributed by atoms with Gasteiger partial charge in [0.05, 0.1) is 29.8 Å². The number of nitrogens with zero attached hydrogens (tertiary/aromatic N) is 1. The molecule has 9 heteroatoms. The van der Waals surface area contributed by atoms with Crippen molar-refractivity contribution in [3.63, 3.8) is 0 Å². The number of sulfonamides is 1. The van der Waals surface area contributed by atoms with E-state index in [-0.39, 0.29) is 22.5 Å². The Morgan fingerprint density at radius 1 is 0.943 bits per heavy atom. The predicted octanol–water partition coefficient (Wildman–Crippen LogP) is 4.77. The molecule has 3 aromatic rings. The number of carbonyl (C=O) groups excluding carboxylic acids is 1. The Morgan fingerprint density at radius 3 is 2.46 bits per heavy atom. The fraction of sp³-hybridized carbons (Fsp3) is 0.269. The van der Waals surface area contributed by atoms with Gasteiger partial charge < -0.3 is 14.4 Å². The van der Waals surface area contributed by atoms with Crippen molar-refractivity contribution in [3.8, 4) is 11.5 Å². The summed E-state index contributed by atoms with van der Waals surface area (Å²) < 4.78 is 53.0. The lowest BCUT2D eigenvalue weighted by atomic mass is 10.0. The van der Waals surface area contributed by atoms with Crippen molar-refractivity contribution in [3.05, 3.63) is 83.7 Å². The lowest BCUT2D eigenvalue weighted by molar-refractivity contribution is 0.0735. The van der Waals surface area contributed by atoms with Gasteiger partial charge in [0.2, 0.25) is 0 Å². The van der Waals surface area contributed by atoms with E-state index in [2.05, 4.69) is 4.72 Å². The standard InChI is InChI=1S/C26H25FN2O5S/c27-21-5-1-2-6-22(21)28-35(31,32)20-11-8-18(9-12-20)26(30)29-14-3-7-23(29)19-10-13-24-25(17-19)34-16-4-15-33-24/h1-2,5-6,8-13,17,23,28H,3-4,7,14-16H2/t23-/m1/s1. The molecule has 0 saturated carbocycles. The summed E-state index contributed by atoms with van der Waals surface area (Å²) in [5.74, 6) is 0.558. The highest BCUT2D eigenvalue weighted by atomic mass is 32.2. The van der Waals surface area contributed by atoms with Crippen LogP contribution in [-0.4, -0.2) is 39.0 Å². The molecule has 0 radical (unpaired) electrons. The normalized spacial score (nSPS) is 17.6.